The van der Waals surface area contributed by atoms with Crippen molar-refractivity contribution in [2.75, 3.05) is 25.9 Å². The molecule has 2 aromatic rings. The monoisotopic (exact) mass is 490 g/mol. The Labute approximate surface area is 173 Å². The number of hydrogen-bond donors (Lipinski definition) is 2. The van der Waals surface area contributed by atoms with Crippen LogP contribution in [0.5, 0.6) is 0 Å². The van der Waals surface area contributed by atoms with Gasteiger partial charge in [0.15, 0.2) is 15.8 Å². The molecule has 0 radical (unpaired) electrons. The van der Waals surface area contributed by atoms with Crippen LogP contribution in [0.3, 0.4) is 0 Å². The average Bonchev–Trinajstić information content (AvgIpc) is 3.08. The van der Waals surface area contributed by atoms with Crippen molar-refractivity contribution in [3.05, 3.63) is 54.4 Å². The summed E-state index contributed by atoms with van der Waals surface area (Å²) in [5.74, 6) is 0.794. The van der Waals surface area contributed by atoms with E-state index in [1.165, 1.54) is 6.26 Å². The molecule has 0 saturated heterocycles. The van der Waals surface area contributed by atoms with Gasteiger partial charge in [-0.25, -0.2) is 8.42 Å². The Hall–Kier alpha value is -1.55. The molecule has 0 aliphatic rings. The van der Waals surface area contributed by atoms with Gasteiger partial charge in [-0.15, -0.1) is 24.0 Å². The van der Waals surface area contributed by atoms with Crippen LogP contribution in [0.25, 0.3) is 0 Å². The molecule has 1 aromatic heterocycles. The van der Waals surface area contributed by atoms with E-state index in [0.29, 0.717) is 11.4 Å². The molecule has 0 atom stereocenters. The molecule has 0 aliphatic carbocycles. The van der Waals surface area contributed by atoms with Gasteiger partial charge in [0.1, 0.15) is 0 Å². The minimum atomic E-state index is -3.14. The van der Waals surface area contributed by atoms with E-state index in [2.05, 4.69) is 20.2 Å². The molecule has 2 N–H and O–H groups in total. The van der Waals surface area contributed by atoms with Crippen molar-refractivity contribution in [1.82, 2.24) is 15.2 Å². The number of benzene rings is 1. The number of nitrogens with one attached hydrogen (secondary N) is 2. The molecular weight excluding hydrogens is 463 g/mol. The summed E-state index contributed by atoms with van der Waals surface area (Å²) in [7, 11) is -3.14. The molecule has 0 unspecified atom stereocenters. The number of guanidine groups is 1. The summed E-state index contributed by atoms with van der Waals surface area (Å²) < 4.78 is 25.0. The second-order valence-corrected chi connectivity index (χ2v) is 7.79. The third-order valence-corrected chi connectivity index (χ3v) is 4.82. The van der Waals surface area contributed by atoms with Crippen molar-refractivity contribution in [2.24, 2.45) is 4.99 Å². The number of aromatic nitrogens is 1. The summed E-state index contributed by atoms with van der Waals surface area (Å²) in [5.41, 5.74) is 1.07. The van der Waals surface area contributed by atoms with Crippen molar-refractivity contribution in [2.45, 2.75) is 24.8 Å². The van der Waals surface area contributed by atoms with Crippen LogP contribution < -0.4 is 10.6 Å². The van der Waals surface area contributed by atoms with Gasteiger partial charge in [-0.3, -0.25) is 4.99 Å². The van der Waals surface area contributed by atoms with E-state index in [-0.39, 0.29) is 24.0 Å². The Morgan fingerprint density at radius 2 is 1.77 bits per heavy atom. The lowest BCUT2D eigenvalue weighted by Gasteiger charge is -2.11. The second kappa shape index (κ2) is 11.2. The van der Waals surface area contributed by atoms with E-state index in [1.807, 2.05) is 43.6 Å². The van der Waals surface area contributed by atoms with Crippen molar-refractivity contribution in [3.8, 4) is 0 Å². The van der Waals surface area contributed by atoms with Crippen molar-refractivity contribution >= 4 is 39.8 Å². The topological polar surface area (TPSA) is 75.5 Å². The first-order valence-corrected chi connectivity index (χ1v) is 10.3. The fraction of sp³-hybridized carbons (Fsp3) is 0.389. The van der Waals surface area contributed by atoms with Crippen molar-refractivity contribution in [3.63, 3.8) is 0 Å². The molecule has 8 heteroatoms. The molecule has 1 aromatic carbocycles. The van der Waals surface area contributed by atoms with E-state index >= 15 is 0 Å². The number of aliphatic imine (C=N–C) groups is 1. The van der Waals surface area contributed by atoms with Gasteiger partial charge in [0.25, 0.3) is 0 Å². The first kappa shape index (κ1) is 22.5. The number of halogens is 1. The lowest BCUT2D eigenvalue weighted by molar-refractivity contribution is 0.602. The maximum atomic E-state index is 11.5. The van der Waals surface area contributed by atoms with Gasteiger partial charge in [-0.05, 0) is 43.2 Å². The summed E-state index contributed by atoms with van der Waals surface area (Å²) >= 11 is 0. The van der Waals surface area contributed by atoms with Crippen LogP contribution in [-0.2, 0) is 22.8 Å². The second-order valence-electron chi connectivity index (χ2n) is 5.77. The number of hydrogen-bond acceptors (Lipinski definition) is 3. The Bertz CT molecular complexity index is 772. The van der Waals surface area contributed by atoms with Crippen LogP contribution in [0.1, 0.15) is 12.5 Å². The lowest BCUT2D eigenvalue weighted by atomic mass is 10.1. The van der Waals surface area contributed by atoms with E-state index in [9.17, 15) is 8.42 Å². The van der Waals surface area contributed by atoms with Crippen LogP contribution in [0, 0.1) is 0 Å². The Kier molecular flexibility index (Phi) is 9.71. The average molecular weight is 490 g/mol. The largest absolute Gasteiger partial charge is 0.357 e. The maximum absolute atomic E-state index is 11.5. The van der Waals surface area contributed by atoms with Crippen LogP contribution in [-0.4, -0.2) is 44.8 Å². The molecule has 0 bridgehead atoms. The Morgan fingerprint density at radius 3 is 2.35 bits per heavy atom. The zero-order valence-corrected chi connectivity index (χ0v) is 18.3. The van der Waals surface area contributed by atoms with Gasteiger partial charge in [-0.2, -0.15) is 0 Å². The lowest BCUT2D eigenvalue weighted by Crippen LogP contribution is -2.39. The smallest absolute Gasteiger partial charge is 0.191 e. The third kappa shape index (κ3) is 7.77. The standard InChI is InChI=1S/C18H26N4O2S.HI/c1-3-19-18(21-12-15-22-13-4-5-14-22)20-11-10-16-6-8-17(9-7-16)25(2,23)24;/h4-9,13-14H,3,10-12,15H2,1-2H3,(H2,19,20,21);1H. The van der Waals surface area contributed by atoms with Crippen LogP contribution in [0.15, 0.2) is 58.7 Å². The first-order chi connectivity index (χ1) is 12.0. The summed E-state index contributed by atoms with van der Waals surface area (Å²) in [6, 6.07) is 11.0. The van der Waals surface area contributed by atoms with Crippen LogP contribution in [0.2, 0.25) is 0 Å². The SMILES string of the molecule is CCNC(=NCCc1ccc(S(C)(=O)=O)cc1)NCCn1cccc1.I. The third-order valence-electron chi connectivity index (χ3n) is 3.69. The van der Waals surface area contributed by atoms with Crippen LogP contribution >= 0.6 is 24.0 Å². The number of sulfone groups is 1. The highest BCUT2D eigenvalue weighted by Gasteiger charge is 2.06. The van der Waals surface area contributed by atoms with E-state index in [1.54, 1.807) is 12.1 Å². The fourth-order valence-electron chi connectivity index (χ4n) is 2.36. The zero-order chi connectivity index (χ0) is 18.1. The highest BCUT2D eigenvalue weighted by atomic mass is 127. The molecule has 0 amide bonds. The maximum Gasteiger partial charge on any atom is 0.191 e. The van der Waals surface area contributed by atoms with Crippen LogP contribution in [0.4, 0.5) is 0 Å². The van der Waals surface area contributed by atoms with Gasteiger partial charge < -0.3 is 15.2 Å². The predicted molar refractivity (Wildman–Crippen MR) is 117 cm³/mol. The molecular formula is C18H27IN4O2S. The first-order valence-electron chi connectivity index (χ1n) is 8.41. The molecule has 1 heterocycles. The minimum Gasteiger partial charge on any atom is -0.357 e. The number of rotatable bonds is 8. The summed E-state index contributed by atoms with van der Waals surface area (Å²) in [6.07, 6.45) is 6.05. The molecule has 0 aliphatic heterocycles. The highest BCUT2D eigenvalue weighted by Crippen LogP contribution is 2.10. The molecule has 144 valence electrons. The molecule has 6 nitrogen and oxygen atoms in total. The van der Waals surface area contributed by atoms with E-state index in [4.69, 9.17) is 0 Å². The summed E-state index contributed by atoms with van der Waals surface area (Å²) in [5, 5.41) is 6.54. The van der Waals surface area contributed by atoms with Crippen molar-refractivity contribution < 1.29 is 8.42 Å². The summed E-state index contributed by atoms with van der Waals surface area (Å²) in [6.45, 7) is 5.15. The minimum absolute atomic E-state index is 0. The highest BCUT2D eigenvalue weighted by molar-refractivity contribution is 14.0. The van der Waals surface area contributed by atoms with Gasteiger partial charge in [0.05, 0.1) is 4.90 Å². The van der Waals surface area contributed by atoms with Gasteiger partial charge >= 0.3 is 0 Å². The van der Waals surface area contributed by atoms with Gasteiger partial charge in [0, 0.05) is 44.8 Å². The van der Waals surface area contributed by atoms with Gasteiger partial charge in [-0.1, -0.05) is 12.1 Å². The fourth-order valence-corrected chi connectivity index (χ4v) is 2.99. The van der Waals surface area contributed by atoms with Gasteiger partial charge in [0.2, 0.25) is 0 Å². The Balaban J connectivity index is 0.00000338. The molecule has 0 spiro atoms. The number of nitrogens with zero attached hydrogens (tertiary/aromatic N) is 2. The molecule has 0 fully saturated rings. The van der Waals surface area contributed by atoms with E-state index < -0.39 is 9.84 Å². The molecule has 26 heavy (non-hydrogen) atoms. The predicted octanol–water partition coefficient (Wildman–Crippen LogP) is 2.31. The quantitative estimate of drug-likeness (QED) is 0.339. The zero-order valence-electron chi connectivity index (χ0n) is 15.2. The van der Waals surface area contributed by atoms with E-state index in [0.717, 1.165) is 37.6 Å². The Morgan fingerprint density at radius 1 is 1.12 bits per heavy atom. The molecule has 2 rings (SSSR count). The summed E-state index contributed by atoms with van der Waals surface area (Å²) in [4.78, 5) is 4.91. The normalized spacial score (nSPS) is 11.7. The van der Waals surface area contributed by atoms with Crippen molar-refractivity contribution in [1.29, 1.82) is 0 Å². The molecule has 0 saturated carbocycles.